The maximum absolute atomic E-state index is 11.8. The number of hydrogen-bond donors (Lipinski definition) is 3. The number of carboxylic acid groups (broad SMARTS) is 1. The standard InChI is InChI=1S/C10H11Cl2NO5S/c11-7-2-1-6(5-8(7)12)19(17,18)13-4-3-9(14)10(15)16/h1-2,5,9,13-14H,3-4H2,(H,15,16). The first kappa shape index (κ1) is 16.2. The molecule has 6 nitrogen and oxygen atoms in total. The Labute approximate surface area is 120 Å². The minimum atomic E-state index is -3.82. The fourth-order valence-corrected chi connectivity index (χ4v) is 2.62. The number of rotatable bonds is 6. The van der Waals surface area contributed by atoms with Crippen LogP contribution in [0.15, 0.2) is 23.1 Å². The maximum Gasteiger partial charge on any atom is 0.332 e. The molecule has 106 valence electrons. The topological polar surface area (TPSA) is 104 Å². The van der Waals surface area contributed by atoms with E-state index in [0.717, 1.165) is 0 Å². The van der Waals surface area contributed by atoms with Gasteiger partial charge in [-0.3, -0.25) is 0 Å². The second-order valence-electron chi connectivity index (χ2n) is 3.62. The molecule has 0 aliphatic carbocycles. The Morgan fingerprint density at radius 2 is 1.95 bits per heavy atom. The Bertz CT molecular complexity index is 575. The van der Waals surface area contributed by atoms with E-state index in [2.05, 4.69) is 4.72 Å². The highest BCUT2D eigenvalue weighted by Crippen LogP contribution is 2.24. The average Bonchev–Trinajstić information content (AvgIpc) is 2.32. The van der Waals surface area contributed by atoms with Gasteiger partial charge >= 0.3 is 5.97 Å². The molecule has 3 N–H and O–H groups in total. The van der Waals surface area contributed by atoms with Crippen molar-refractivity contribution in [2.24, 2.45) is 0 Å². The molecule has 0 spiro atoms. The lowest BCUT2D eigenvalue weighted by molar-refractivity contribution is -0.146. The normalized spacial score (nSPS) is 13.2. The molecule has 0 aliphatic heterocycles. The smallest absolute Gasteiger partial charge is 0.332 e. The number of hydrogen-bond acceptors (Lipinski definition) is 4. The summed E-state index contributed by atoms with van der Waals surface area (Å²) in [5, 5.41) is 17.8. The van der Waals surface area contributed by atoms with Gasteiger partial charge in [-0.2, -0.15) is 0 Å². The van der Waals surface area contributed by atoms with E-state index < -0.39 is 22.1 Å². The number of benzene rings is 1. The molecule has 0 bridgehead atoms. The Morgan fingerprint density at radius 3 is 2.47 bits per heavy atom. The molecule has 0 radical (unpaired) electrons. The monoisotopic (exact) mass is 327 g/mol. The van der Waals surface area contributed by atoms with Gasteiger partial charge in [-0.05, 0) is 24.6 Å². The van der Waals surface area contributed by atoms with Crippen molar-refractivity contribution in [2.45, 2.75) is 17.4 Å². The summed E-state index contributed by atoms with van der Waals surface area (Å²) in [5.74, 6) is -1.41. The van der Waals surface area contributed by atoms with Gasteiger partial charge in [0.2, 0.25) is 10.0 Å². The minimum absolute atomic E-state index is 0.0910. The van der Waals surface area contributed by atoms with E-state index in [4.69, 9.17) is 33.4 Å². The van der Waals surface area contributed by atoms with Crippen LogP contribution in [-0.2, 0) is 14.8 Å². The van der Waals surface area contributed by atoms with Crippen molar-refractivity contribution < 1.29 is 23.4 Å². The lowest BCUT2D eigenvalue weighted by atomic mass is 10.3. The molecule has 1 atom stereocenters. The number of aliphatic hydroxyl groups excluding tert-OH is 1. The fraction of sp³-hybridized carbons (Fsp3) is 0.300. The van der Waals surface area contributed by atoms with Crippen LogP contribution in [0.2, 0.25) is 10.0 Å². The van der Waals surface area contributed by atoms with Crippen molar-refractivity contribution in [3.8, 4) is 0 Å². The van der Waals surface area contributed by atoms with E-state index in [-0.39, 0.29) is 27.9 Å². The SMILES string of the molecule is O=C(O)C(O)CCNS(=O)(=O)c1ccc(Cl)c(Cl)c1. The Kier molecular flexibility index (Phi) is 5.57. The first-order chi connectivity index (χ1) is 8.74. The summed E-state index contributed by atoms with van der Waals surface area (Å²) in [7, 11) is -3.82. The van der Waals surface area contributed by atoms with Crippen LogP contribution < -0.4 is 4.72 Å². The fourth-order valence-electron chi connectivity index (χ4n) is 1.18. The highest BCUT2D eigenvalue weighted by Gasteiger charge is 2.17. The number of aliphatic hydroxyl groups is 1. The van der Waals surface area contributed by atoms with Crippen molar-refractivity contribution in [3.05, 3.63) is 28.2 Å². The van der Waals surface area contributed by atoms with Gasteiger partial charge < -0.3 is 10.2 Å². The third-order valence-corrected chi connectivity index (χ3v) is 4.39. The van der Waals surface area contributed by atoms with E-state index in [0.29, 0.717) is 0 Å². The zero-order valence-electron chi connectivity index (χ0n) is 9.51. The molecule has 0 aromatic heterocycles. The van der Waals surface area contributed by atoms with Crippen molar-refractivity contribution in [1.29, 1.82) is 0 Å². The lowest BCUT2D eigenvalue weighted by Crippen LogP contribution is -2.30. The molecule has 1 aromatic carbocycles. The van der Waals surface area contributed by atoms with Crippen molar-refractivity contribution in [3.63, 3.8) is 0 Å². The first-order valence-corrected chi connectivity index (χ1v) is 7.33. The second kappa shape index (κ2) is 6.53. The predicted molar refractivity (Wildman–Crippen MR) is 69.9 cm³/mol. The zero-order chi connectivity index (χ0) is 14.6. The van der Waals surface area contributed by atoms with Gasteiger partial charge in [0.15, 0.2) is 6.10 Å². The van der Waals surface area contributed by atoms with Crippen LogP contribution >= 0.6 is 23.2 Å². The molecular formula is C10H11Cl2NO5S. The molecule has 1 aromatic rings. The summed E-state index contributed by atoms with van der Waals surface area (Å²) in [6.45, 7) is -0.212. The average molecular weight is 328 g/mol. The number of sulfonamides is 1. The molecule has 1 rings (SSSR count). The van der Waals surface area contributed by atoms with Gasteiger partial charge in [-0.25, -0.2) is 17.9 Å². The summed E-state index contributed by atoms with van der Waals surface area (Å²) < 4.78 is 25.8. The van der Waals surface area contributed by atoms with Gasteiger partial charge in [0.1, 0.15) is 0 Å². The molecule has 9 heteroatoms. The van der Waals surface area contributed by atoms with Gasteiger partial charge in [-0.15, -0.1) is 0 Å². The minimum Gasteiger partial charge on any atom is -0.479 e. The van der Waals surface area contributed by atoms with Crippen LogP contribution in [0, 0.1) is 0 Å². The van der Waals surface area contributed by atoms with Crippen LogP contribution in [0.25, 0.3) is 0 Å². The zero-order valence-corrected chi connectivity index (χ0v) is 11.8. The number of halogens is 2. The van der Waals surface area contributed by atoms with E-state index in [1.807, 2.05) is 0 Å². The molecule has 0 amide bonds. The Hall–Kier alpha value is -0.860. The number of carbonyl (C=O) groups is 1. The van der Waals surface area contributed by atoms with Gasteiger partial charge in [0.05, 0.1) is 14.9 Å². The van der Waals surface area contributed by atoms with E-state index in [1.54, 1.807) is 0 Å². The molecule has 0 fully saturated rings. The van der Waals surface area contributed by atoms with Crippen LogP contribution in [0.1, 0.15) is 6.42 Å². The predicted octanol–water partition coefficient (Wildman–Crippen LogP) is 1.11. The summed E-state index contributed by atoms with van der Waals surface area (Å²) >= 11 is 11.4. The van der Waals surface area contributed by atoms with Crippen LogP contribution in [-0.4, -0.2) is 37.2 Å². The van der Waals surface area contributed by atoms with E-state index >= 15 is 0 Å². The summed E-state index contributed by atoms with van der Waals surface area (Å²) in [6, 6.07) is 3.79. The van der Waals surface area contributed by atoms with Gasteiger partial charge in [0, 0.05) is 6.54 Å². The molecule has 0 aliphatic rings. The van der Waals surface area contributed by atoms with E-state index in [9.17, 15) is 13.2 Å². The third kappa shape index (κ3) is 4.63. The maximum atomic E-state index is 11.8. The number of carboxylic acids is 1. The van der Waals surface area contributed by atoms with Crippen molar-refractivity contribution in [1.82, 2.24) is 4.72 Å². The van der Waals surface area contributed by atoms with Crippen LogP contribution in [0.3, 0.4) is 0 Å². The van der Waals surface area contributed by atoms with E-state index in [1.165, 1.54) is 18.2 Å². The van der Waals surface area contributed by atoms with Crippen LogP contribution in [0.5, 0.6) is 0 Å². The quantitative estimate of drug-likeness (QED) is 0.726. The molecule has 19 heavy (non-hydrogen) atoms. The molecule has 0 heterocycles. The lowest BCUT2D eigenvalue weighted by Gasteiger charge is -2.09. The summed E-state index contributed by atoms with van der Waals surface area (Å²) in [4.78, 5) is 10.3. The van der Waals surface area contributed by atoms with Gasteiger partial charge in [0.25, 0.3) is 0 Å². The highest BCUT2D eigenvalue weighted by molar-refractivity contribution is 7.89. The van der Waals surface area contributed by atoms with Crippen molar-refractivity contribution in [2.75, 3.05) is 6.54 Å². The van der Waals surface area contributed by atoms with Gasteiger partial charge in [-0.1, -0.05) is 23.2 Å². The second-order valence-corrected chi connectivity index (χ2v) is 6.20. The number of nitrogens with one attached hydrogen (secondary N) is 1. The largest absolute Gasteiger partial charge is 0.479 e. The highest BCUT2D eigenvalue weighted by atomic mass is 35.5. The Morgan fingerprint density at radius 1 is 1.32 bits per heavy atom. The van der Waals surface area contributed by atoms with Crippen LogP contribution in [0.4, 0.5) is 0 Å². The van der Waals surface area contributed by atoms with Crippen molar-refractivity contribution >= 4 is 39.2 Å². The summed E-state index contributed by atoms with van der Waals surface area (Å²) in [6.07, 6.45) is -1.85. The molecule has 1 unspecified atom stereocenters. The third-order valence-electron chi connectivity index (χ3n) is 2.20. The Balaban J connectivity index is 2.71. The molecule has 0 saturated heterocycles. The molecule has 0 saturated carbocycles. The summed E-state index contributed by atoms with van der Waals surface area (Å²) in [5.41, 5.74) is 0. The molecular weight excluding hydrogens is 317 g/mol. The first-order valence-electron chi connectivity index (χ1n) is 5.09. The number of aliphatic carboxylic acids is 1.